The van der Waals surface area contributed by atoms with Crippen LogP contribution in [0.15, 0.2) is 33.8 Å². The topological polar surface area (TPSA) is 80.9 Å². The van der Waals surface area contributed by atoms with Crippen LogP contribution in [0, 0.1) is 0 Å². The van der Waals surface area contributed by atoms with E-state index in [2.05, 4.69) is 25.5 Å². The summed E-state index contributed by atoms with van der Waals surface area (Å²) in [6, 6.07) is 6.74. The van der Waals surface area contributed by atoms with Crippen LogP contribution in [0.3, 0.4) is 0 Å². The Morgan fingerprint density at radius 2 is 2.00 bits per heavy atom. The normalized spacial score (nSPS) is 11.2. The van der Waals surface area contributed by atoms with Crippen molar-refractivity contribution in [2.75, 3.05) is 13.2 Å². The highest BCUT2D eigenvalue weighted by Crippen LogP contribution is 2.27. The Kier molecular flexibility index (Phi) is 12.1. The number of hydrogen-bond acceptors (Lipinski definition) is 5. The van der Waals surface area contributed by atoms with Gasteiger partial charge in [-0.25, -0.2) is 4.99 Å². The van der Waals surface area contributed by atoms with Crippen molar-refractivity contribution in [3.63, 3.8) is 0 Å². The molecule has 0 unspecified atom stereocenters. The second-order valence-electron chi connectivity index (χ2n) is 6.18. The molecule has 2 rings (SSSR count). The van der Waals surface area contributed by atoms with Gasteiger partial charge in [0.2, 0.25) is 0 Å². The van der Waals surface area contributed by atoms with Crippen LogP contribution in [0.5, 0.6) is 11.5 Å². The Morgan fingerprint density at radius 3 is 2.63 bits per heavy atom. The lowest BCUT2D eigenvalue weighted by Crippen LogP contribution is -2.36. The molecule has 0 aliphatic heterocycles. The lowest BCUT2D eigenvalue weighted by atomic mass is 10.2. The first kappa shape index (κ1) is 25.9. The summed E-state index contributed by atoms with van der Waals surface area (Å²) in [7, 11) is 0. The molecule has 0 radical (unpaired) electrons. The van der Waals surface area contributed by atoms with Crippen LogP contribution >= 0.6 is 24.0 Å². The van der Waals surface area contributed by atoms with Gasteiger partial charge in [0.05, 0.1) is 25.4 Å². The van der Waals surface area contributed by atoms with Crippen molar-refractivity contribution in [3.05, 3.63) is 41.3 Å². The van der Waals surface area contributed by atoms with Crippen LogP contribution in [0.25, 0.3) is 0 Å². The van der Waals surface area contributed by atoms with Crippen LogP contribution in [0.4, 0.5) is 8.78 Å². The quantitative estimate of drug-likeness (QED) is 0.249. The third-order valence-electron chi connectivity index (χ3n) is 3.88. The minimum Gasteiger partial charge on any atom is -0.493 e. The molecule has 168 valence electrons. The fourth-order valence-electron chi connectivity index (χ4n) is 2.46. The Hall–Kier alpha value is -2.11. The molecule has 0 aliphatic rings. The summed E-state index contributed by atoms with van der Waals surface area (Å²) in [6.45, 7) is 4.69. The Balaban J connectivity index is 0.00000450. The van der Waals surface area contributed by atoms with Gasteiger partial charge in [0, 0.05) is 24.2 Å². The fourth-order valence-corrected chi connectivity index (χ4v) is 2.46. The van der Waals surface area contributed by atoms with Crippen molar-refractivity contribution >= 4 is 29.9 Å². The minimum atomic E-state index is -2.93. The number of alkyl halides is 2. The van der Waals surface area contributed by atoms with E-state index >= 15 is 0 Å². The molecule has 1 aromatic carbocycles. The van der Waals surface area contributed by atoms with E-state index in [1.54, 1.807) is 12.1 Å². The van der Waals surface area contributed by atoms with E-state index in [4.69, 9.17) is 9.26 Å². The number of aromatic nitrogens is 1. The second-order valence-corrected chi connectivity index (χ2v) is 6.18. The summed E-state index contributed by atoms with van der Waals surface area (Å²) in [6.07, 6.45) is 1.61. The van der Waals surface area contributed by atoms with Gasteiger partial charge in [0.1, 0.15) is 11.5 Å². The van der Waals surface area contributed by atoms with Crippen molar-refractivity contribution in [3.8, 4) is 11.5 Å². The van der Waals surface area contributed by atoms with Crippen LogP contribution in [0.1, 0.15) is 44.2 Å². The van der Waals surface area contributed by atoms with E-state index in [1.165, 1.54) is 6.07 Å². The number of aliphatic imine (C=N–C) groups is 1. The molecule has 10 heteroatoms. The van der Waals surface area contributed by atoms with Crippen LogP contribution in [0.2, 0.25) is 0 Å². The number of halogens is 3. The molecular weight excluding hydrogens is 509 g/mol. The average Bonchev–Trinajstić information content (AvgIpc) is 3.17. The third-order valence-corrected chi connectivity index (χ3v) is 3.88. The highest BCUT2D eigenvalue weighted by molar-refractivity contribution is 14.0. The zero-order valence-corrected chi connectivity index (χ0v) is 19.7. The number of hydrogen-bond donors (Lipinski definition) is 2. The van der Waals surface area contributed by atoms with Gasteiger partial charge < -0.3 is 24.6 Å². The standard InChI is InChI=1S/C20H28F2N4O3.HI/c1-4-9-27-16-8-7-14(18(11-16)28-19(21)22)12-24-20(23-6-3)25-13-17-10-15(5-2)26-29-17;/h7-8,10-11,19H,4-6,9,12-13H2,1-3H3,(H2,23,24,25);1H. The van der Waals surface area contributed by atoms with Gasteiger partial charge in [-0.15, -0.1) is 24.0 Å². The van der Waals surface area contributed by atoms with Crippen LogP contribution in [-0.4, -0.2) is 30.9 Å². The first-order chi connectivity index (χ1) is 14.0. The lowest BCUT2D eigenvalue weighted by Gasteiger charge is -2.13. The van der Waals surface area contributed by atoms with Crippen LogP contribution in [-0.2, 0) is 19.5 Å². The Morgan fingerprint density at radius 1 is 1.20 bits per heavy atom. The largest absolute Gasteiger partial charge is 0.493 e. The molecule has 1 aromatic heterocycles. The number of aryl methyl sites for hydroxylation is 1. The molecule has 0 bridgehead atoms. The van der Waals surface area contributed by atoms with Gasteiger partial charge in [-0.1, -0.05) is 19.0 Å². The zero-order chi connectivity index (χ0) is 21.1. The lowest BCUT2D eigenvalue weighted by molar-refractivity contribution is -0.0505. The summed E-state index contributed by atoms with van der Waals surface area (Å²) in [5, 5.41) is 10.2. The number of benzene rings is 1. The zero-order valence-electron chi connectivity index (χ0n) is 17.4. The maximum absolute atomic E-state index is 12.8. The molecule has 0 atom stereocenters. The number of nitrogens with one attached hydrogen (secondary N) is 2. The summed E-state index contributed by atoms with van der Waals surface area (Å²) >= 11 is 0. The highest BCUT2D eigenvalue weighted by atomic mass is 127. The van der Waals surface area contributed by atoms with Gasteiger partial charge in [-0.3, -0.25) is 0 Å². The molecule has 0 aliphatic carbocycles. The fraction of sp³-hybridized carbons (Fsp3) is 0.500. The van der Waals surface area contributed by atoms with Gasteiger partial charge in [0.25, 0.3) is 0 Å². The summed E-state index contributed by atoms with van der Waals surface area (Å²) in [4.78, 5) is 4.45. The van der Waals surface area contributed by atoms with Crippen molar-refractivity contribution in [1.82, 2.24) is 15.8 Å². The number of rotatable bonds is 11. The number of nitrogens with zero attached hydrogens (tertiary/aromatic N) is 2. The van der Waals surface area contributed by atoms with Crippen molar-refractivity contribution in [2.45, 2.75) is 53.3 Å². The van der Waals surface area contributed by atoms with E-state index in [9.17, 15) is 8.78 Å². The summed E-state index contributed by atoms with van der Waals surface area (Å²) in [5.41, 5.74) is 1.40. The molecule has 0 fully saturated rings. The van der Waals surface area contributed by atoms with E-state index in [-0.39, 0.29) is 36.3 Å². The SMILES string of the molecule is CCCOc1ccc(CN=C(NCC)NCc2cc(CC)no2)c(OC(F)F)c1.I. The van der Waals surface area contributed by atoms with Gasteiger partial charge in [-0.05, 0) is 31.9 Å². The monoisotopic (exact) mass is 538 g/mol. The van der Waals surface area contributed by atoms with Crippen molar-refractivity contribution in [1.29, 1.82) is 0 Å². The van der Waals surface area contributed by atoms with Crippen molar-refractivity contribution in [2.24, 2.45) is 4.99 Å². The minimum absolute atomic E-state index is 0. The molecule has 2 aromatic rings. The average molecular weight is 538 g/mol. The second kappa shape index (κ2) is 14.0. The molecule has 2 N–H and O–H groups in total. The Labute approximate surface area is 192 Å². The van der Waals surface area contributed by atoms with Crippen molar-refractivity contribution < 1.29 is 22.8 Å². The number of guanidine groups is 1. The number of ether oxygens (including phenoxy) is 2. The van der Waals surface area contributed by atoms with Gasteiger partial charge in [0.15, 0.2) is 11.7 Å². The molecule has 30 heavy (non-hydrogen) atoms. The molecule has 0 saturated carbocycles. The van der Waals surface area contributed by atoms with Gasteiger partial charge in [-0.2, -0.15) is 8.78 Å². The third kappa shape index (κ3) is 8.72. The molecule has 0 spiro atoms. The first-order valence-corrected chi connectivity index (χ1v) is 9.72. The maximum Gasteiger partial charge on any atom is 0.387 e. The first-order valence-electron chi connectivity index (χ1n) is 9.72. The summed E-state index contributed by atoms with van der Waals surface area (Å²) < 4.78 is 41.0. The van der Waals surface area contributed by atoms with Gasteiger partial charge >= 0.3 is 6.61 Å². The van der Waals surface area contributed by atoms with E-state index in [1.807, 2.05) is 26.8 Å². The predicted octanol–water partition coefficient (Wildman–Crippen LogP) is 4.50. The summed E-state index contributed by atoms with van der Waals surface area (Å²) in [5.74, 6) is 1.75. The highest BCUT2D eigenvalue weighted by Gasteiger charge is 2.12. The smallest absolute Gasteiger partial charge is 0.387 e. The predicted molar refractivity (Wildman–Crippen MR) is 122 cm³/mol. The Bertz CT molecular complexity index is 787. The van der Waals surface area contributed by atoms with E-state index in [0.29, 0.717) is 42.7 Å². The maximum atomic E-state index is 12.8. The molecule has 0 amide bonds. The molecule has 1 heterocycles. The molecule has 7 nitrogen and oxygen atoms in total. The van der Waals surface area contributed by atoms with Crippen LogP contribution < -0.4 is 20.1 Å². The molecular formula is C20H29F2IN4O3. The molecule has 0 saturated heterocycles. The van der Waals surface area contributed by atoms with E-state index < -0.39 is 6.61 Å². The van der Waals surface area contributed by atoms with E-state index in [0.717, 1.165) is 18.5 Å².